The maximum atomic E-state index is 13.6. The van der Waals surface area contributed by atoms with Gasteiger partial charge in [-0.15, -0.1) is 0 Å². The second kappa shape index (κ2) is 3.72. The minimum atomic E-state index is -0.358. The fraction of sp³-hybridized carbons (Fsp3) is 0.538. The van der Waals surface area contributed by atoms with Gasteiger partial charge in [0.2, 0.25) is 0 Å². The molecule has 1 atom stereocenters. The van der Waals surface area contributed by atoms with Gasteiger partial charge in [0.25, 0.3) is 0 Å². The van der Waals surface area contributed by atoms with E-state index in [1.54, 1.807) is 0 Å². The molecule has 1 aromatic rings. The van der Waals surface area contributed by atoms with E-state index in [9.17, 15) is 8.78 Å². The molecule has 88 valence electrons. The molecular formula is C13H17F2N. The Morgan fingerprint density at radius 2 is 1.81 bits per heavy atom. The average Bonchev–Trinajstić information content (AvgIpc) is 2.22. The van der Waals surface area contributed by atoms with E-state index in [2.05, 4.69) is 26.1 Å². The van der Waals surface area contributed by atoms with Crippen molar-refractivity contribution in [1.82, 2.24) is 0 Å². The minimum Gasteiger partial charge on any atom is -0.382 e. The predicted molar refractivity (Wildman–Crippen MR) is 61.5 cm³/mol. The van der Waals surface area contributed by atoms with Crippen molar-refractivity contribution >= 4 is 5.69 Å². The molecule has 0 saturated heterocycles. The number of fused-ring (bicyclic) bond motifs is 1. The van der Waals surface area contributed by atoms with Crippen LogP contribution in [0, 0.1) is 23.0 Å². The third-order valence-corrected chi connectivity index (χ3v) is 3.41. The summed E-state index contributed by atoms with van der Waals surface area (Å²) >= 11 is 0. The largest absolute Gasteiger partial charge is 0.382 e. The fourth-order valence-corrected chi connectivity index (χ4v) is 2.14. The molecule has 2 rings (SSSR count). The molecular weight excluding hydrogens is 208 g/mol. The van der Waals surface area contributed by atoms with E-state index in [1.807, 2.05) is 0 Å². The standard InChI is InChI=1S/C13H17F2N/c1-13(2,3)8-6-9-10(14)4-5-11(15)12(9)16-7-8/h4-5,8,16H,6-7H2,1-3H3. The van der Waals surface area contributed by atoms with Crippen LogP contribution in [-0.2, 0) is 6.42 Å². The maximum absolute atomic E-state index is 13.6. The van der Waals surface area contributed by atoms with Gasteiger partial charge in [0, 0.05) is 12.1 Å². The monoisotopic (exact) mass is 225 g/mol. The van der Waals surface area contributed by atoms with Gasteiger partial charge in [-0.1, -0.05) is 20.8 Å². The lowest BCUT2D eigenvalue weighted by atomic mass is 9.75. The summed E-state index contributed by atoms with van der Waals surface area (Å²) in [5.74, 6) is -0.335. The maximum Gasteiger partial charge on any atom is 0.146 e. The Hall–Kier alpha value is -1.12. The minimum absolute atomic E-state index is 0.101. The molecule has 16 heavy (non-hydrogen) atoms. The summed E-state index contributed by atoms with van der Waals surface area (Å²) < 4.78 is 27.1. The van der Waals surface area contributed by atoms with Gasteiger partial charge in [-0.3, -0.25) is 0 Å². The van der Waals surface area contributed by atoms with Gasteiger partial charge in [-0.05, 0) is 29.9 Å². The number of benzene rings is 1. The van der Waals surface area contributed by atoms with Crippen LogP contribution in [0.5, 0.6) is 0 Å². The average molecular weight is 225 g/mol. The van der Waals surface area contributed by atoms with Crippen LogP contribution >= 0.6 is 0 Å². The Morgan fingerprint density at radius 3 is 2.44 bits per heavy atom. The molecule has 0 radical (unpaired) electrons. The molecule has 3 heteroatoms. The van der Waals surface area contributed by atoms with E-state index >= 15 is 0 Å². The van der Waals surface area contributed by atoms with Crippen LogP contribution in [-0.4, -0.2) is 6.54 Å². The van der Waals surface area contributed by atoms with E-state index in [0.29, 0.717) is 30.1 Å². The quantitative estimate of drug-likeness (QED) is 0.711. The van der Waals surface area contributed by atoms with Crippen molar-refractivity contribution in [3.8, 4) is 0 Å². The molecule has 1 unspecified atom stereocenters. The Bertz CT molecular complexity index is 407. The molecule has 1 nitrogen and oxygen atoms in total. The molecule has 1 aliphatic heterocycles. The highest BCUT2D eigenvalue weighted by atomic mass is 19.1. The van der Waals surface area contributed by atoms with Crippen molar-refractivity contribution < 1.29 is 8.78 Å². The number of rotatable bonds is 0. The molecule has 1 N–H and O–H groups in total. The zero-order valence-electron chi connectivity index (χ0n) is 9.90. The van der Waals surface area contributed by atoms with Gasteiger partial charge in [-0.25, -0.2) is 8.78 Å². The molecule has 0 fully saturated rings. The van der Waals surface area contributed by atoms with E-state index in [-0.39, 0.29) is 17.0 Å². The second-order valence-electron chi connectivity index (χ2n) is 5.53. The highest BCUT2D eigenvalue weighted by Crippen LogP contribution is 2.37. The molecule has 0 aromatic heterocycles. The van der Waals surface area contributed by atoms with Crippen molar-refractivity contribution in [2.45, 2.75) is 27.2 Å². The van der Waals surface area contributed by atoms with Crippen LogP contribution in [0.4, 0.5) is 14.5 Å². The van der Waals surface area contributed by atoms with Gasteiger partial charge in [0.1, 0.15) is 11.6 Å². The van der Waals surface area contributed by atoms with Crippen LogP contribution in [0.1, 0.15) is 26.3 Å². The molecule has 0 aliphatic carbocycles. The Labute approximate surface area is 94.9 Å². The third kappa shape index (κ3) is 1.91. The van der Waals surface area contributed by atoms with Gasteiger partial charge < -0.3 is 5.32 Å². The van der Waals surface area contributed by atoms with Crippen LogP contribution < -0.4 is 5.32 Å². The summed E-state index contributed by atoms with van der Waals surface area (Å²) in [7, 11) is 0. The first-order valence-electron chi connectivity index (χ1n) is 5.60. The molecule has 1 heterocycles. The van der Waals surface area contributed by atoms with E-state index < -0.39 is 0 Å². The lowest BCUT2D eigenvalue weighted by Gasteiger charge is -2.35. The fourth-order valence-electron chi connectivity index (χ4n) is 2.14. The number of anilines is 1. The highest BCUT2D eigenvalue weighted by Gasteiger charge is 2.31. The van der Waals surface area contributed by atoms with Crippen molar-refractivity contribution in [3.05, 3.63) is 29.3 Å². The van der Waals surface area contributed by atoms with Crippen molar-refractivity contribution in [2.75, 3.05) is 11.9 Å². The smallest absolute Gasteiger partial charge is 0.146 e. The Kier molecular flexibility index (Phi) is 2.64. The first kappa shape index (κ1) is 11.4. The number of hydrogen-bond acceptors (Lipinski definition) is 1. The number of halogens is 2. The topological polar surface area (TPSA) is 12.0 Å². The van der Waals surface area contributed by atoms with Crippen LogP contribution in [0.2, 0.25) is 0 Å². The van der Waals surface area contributed by atoms with Gasteiger partial charge in [0.15, 0.2) is 0 Å². The SMILES string of the molecule is CC(C)(C)C1CNc2c(F)ccc(F)c2C1. The lowest BCUT2D eigenvalue weighted by molar-refractivity contribution is 0.244. The molecule has 0 saturated carbocycles. The van der Waals surface area contributed by atoms with Gasteiger partial charge in [-0.2, -0.15) is 0 Å². The van der Waals surface area contributed by atoms with Crippen molar-refractivity contribution in [2.24, 2.45) is 11.3 Å². The van der Waals surface area contributed by atoms with Crippen LogP contribution in [0.15, 0.2) is 12.1 Å². The van der Waals surface area contributed by atoms with Gasteiger partial charge in [0.05, 0.1) is 5.69 Å². The molecule has 0 bridgehead atoms. The van der Waals surface area contributed by atoms with E-state index in [4.69, 9.17) is 0 Å². The first-order chi connectivity index (χ1) is 7.39. The Balaban J connectivity index is 2.37. The molecule has 1 aliphatic rings. The second-order valence-corrected chi connectivity index (χ2v) is 5.53. The molecule has 1 aromatic carbocycles. The normalized spacial score (nSPS) is 20.2. The van der Waals surface area contributed by atoms with Gasteiger partial charge >= 0.3 is 0 Å². The summed E-state index contributed by atoms with van der Waals surface area (Å²) in [5, 5.41) is 3.01. The van der Waals surface area contributed by atoms with Crippen LogP contribution in [0.3, 0.4) is 0 Å². The van der Waals surface area contributed by atoms with Crippen molar-refractivity contribution in [1.29, 1.82) is 0 Å². The number of hydrogen-bond donors (Lipinski definition) is 1. The first-order valence-corrected chi connectivity index (χ1v) is 5.60. The zero-order chi connectivity index (χ0) is 11.9. The third-order valence-electron chi connectivity index (χ3n) is 3.41. The number of nitrogens with one attached hydrogen (secondary N) is 1. The summed E-state index contributed by atoms with van der Waals surface area (Å²) in [6.07, 6.45) is 0.607. The summed E-state index contributed by atoms with van der Waals surface area (Å²) in [6, 6.07) is 2.39. The summed E-state index contributed by atoms with van der Waals surface area (Å²) in [4.78, 5) is 0. The molecule has 0 spiro atoms. The van der Waals surface area contributed by atoms with Crippen LogP contribution in [0.25, 0.3) is 0 Å². The zero-order valence-corrected chi connectivity index (χ0v) is 9.90. The van der Waals surface area contributed by atoms with E-state index in [1.165, 1.54) is 12.1 Å². The predicted octanol–water partition coefficient (Wildman–Crippen LogP) is 3.60. The highest BCUT2D eigenvalue weighted by molar-refractivity contribution is 5.55. The van der Waals surface area contributed by atoms with E-state index in [0.717, 1.165) is 0 Å². The van der Waals surface area contributed by atoms with Crippen molar-refractivity contribution in [3.63, 3.8) is 0 Å². The lowest BCUT2D eigenvalue weighted by Crippen LogP contribution is -2.34. The Morgan fingerprint density at radius 1 is 1.19 bits per heavy atom. The summed E-state index contributed by atoms with van der Waals surface area (Å²) in [6.45, 7) is 7.08. The molecule has 0 amide bonds. The summed E-state index contributed by atoms with van der Waals surface area (Å²) in [5.41, 5.74) is 0.940.